The lowest BCUT2D eigenvalue weighted by atomic mass is 9.69. The molecule has 0 radical (unpaired) electrons. The Morgan fingerprint density at radius 1 is 0.750 bits per heavy atom. The van der Waals surface area contributed by atoms with Crippen molar-refractivity contribution in [2.75, 3.05) is 6.54 Å². The molecule has 0 bridgehead atoms. The number of carbonyl (C=O) groups is 6. The highest BCUT2D eigenvalue weighted by molar-refractivity contribution is 5.89. The van der Waals surface area contributed by atoms with Crippen LogP contribution in [0.3, 0.4) is 0 Å². The molecule has 1 saturated carbocycles. The van der Waals surface area contributed by atoms with E-state index in [0.717, 1.165) is 42.0 Å². The number of fused-ring (bicyclic) bond motifs is 1. The summed E-state index contributed by atoms with van der Waals surface area (Å²) in [5, 5.41) is 39.9. The van der Waals surface area contributed by atoms with Crippen molar-refractivity contribution in [3.05, 3.63) is 48.0 Å². The van der Waals surface area contributed by atoms with Gasteiger partial charge in [0.15, 0.2) is 0 Å². The van der Waals surface area contributed by atoms with Crippen LogP contribution in [-0.4, -0.2) is 75.7 Å². The van der Waals surface area contributed by atoms with E-state index in [1.165, 1.54) is 0 Å². The molecule has 1 aliphatic rings. The number of rotatable bonds is 17. The third-order valence-corrected chi connectivity index (χ3v) is 9.28. The maximum atomic E-state index is 13.4. The summed E-state index contributed by atoms with van der Waals surface area (Å²) < 4.78 is 0. The van der Waals surface area contributed by atoms with Crippen molar-refractivity contribution in [3.63, 3.8) is 0 Å². The van der Waals surface area contributed by atoms with Crippen molar-refractivity contribution in [1.82, 2.24) is 21.3 Å². The van der Waals surface area contributed by atoms with Crippen LogP contribution in [0.1, 0.15) is 105 Å². The van der Waals surface area contributed by atoms with E-state index in [1.54, 1.807) is 0 Å². The summed E-state index contributed by atoms with van der Waals surface area (Å²) in [5.41, 5.74) is 1.08. The van der Waals surface area contributed by atoms with Crippen LogP contribution in [0, 0.1) is 17.3 Å². The minimum Gasteiger partial charge on any atom is -0.481 e. The molecular formula is C39H60N4O9. The van der Waals surface area contributed by atoms with Gasteiger partial charge in [-0.05, 0) is 79.0 Å². The highest BCUT2D eigenvalue weighted by Crippen LogP contribution is 2.39. The molecule has 3 rings (SSSR count). The van der Waals surface area contributed by atoms with Gasteiger partial charge in [0.05, 0.1) is 0 Å². The Kier molecular flexibility index (Phi) is 19.4. The lowest BCUT2D eigenvalue weighted by Crippen LogP contribution is -2.51. The first kappa shape index (κ1) is 45.3. The van der Waals surface area contributed by atoms with Gasteiger partial charge in [0.1, 0.15) is 18.1 Å². The summed E-state index contributed by atoms with van der Waals surface area (Å²) in [6.07, 6.45) is 3.59. The topological polar surface area (TPSA) is 211 Å². The number of carbonyl (C=O) groups excluding carboxylic acids is 3. The average Bonchev–Trinajstić information content (AvgIpc) is 3.09. The fourth-order valence-electron chi connectivity index (χ4n) is 6.27. The number of carboxylic acids is 3. The van der Waals surface area contributed by atoms with Gasteiger partial charge in [-0.2, -0.15) is 0 Å². The van der Waals surface area contributed by atoms with Crippen LogP contribution in [0.25, 0.3) is 10.8 Å². The predicted octanol–water partition coefficient (Wildman–Crippen LogP) is 5.74. The quantitative estimate of drug-likeness (QED) is 0.0989. The van der Waals surface area contributed by atoms with E-state index in [-0.39, 0.29) is 50.0 Å². The summed E-state index contributed by atoms with van der Waals surface area (Å²) in [7, 11) is 0. The Morgan fingerprint density at radius 2 is 1.33 bits per heavy atom. The molecule has 0 spiro atoms. The monoisotopic (exact) mass is 728 g/mol. The van der Waals surface area contributed by atoms with E-state index in [4.69, 9.17) is 5.11 Å². The summed E-state index contributed by atoms with van der Waals surface area (Å²) in [4.78, 5) is 73.0. The third kappa shape index (κ3) is 15.3. The van der Waals surface area contributed by atoms with Crippen molar-refractivity contribution >= 4 is 46.5 Å². The number of hydrogen-bond acceptors (Lipinski definition) is 6. The van der Waals surface area contributed by atoms with E-state index in [0.29, 0.717) is 25.2 Å². The second-order valence-corrected chi connectivity index (χ2v) is 14.0. The number of nitrogens with one attached hydrogen (secondary N) is 4. The Hall–Kier alpha value is -4.68. The molecule has 7 N–H and O–H groups in total. The highest BCUT2D eigenvalue weighted by Gasteiger charge is 2.34. The van der Waals surface area contributed by atoms with Gasteiger partial charge in [-0.15, -0.1) is 0 Å². The number of carboxylic acid groups (broad SMARTS) is 3. The zero-order chi connectivity index (χ0) is 38.1. The number of unbranched alkanes of at least 4 members (excludes halogenated alkanes) is 1. The molecule has 290 valence electrons. The molecule has 0 heterocycles. The van der Waals surface area contributed by atoms with Gasteiger partial charge in [0.25, 0.3) is 0 Å². The minimum absolute atomic E-state index is 0. The largest absolute Gasteiger partial charge is 0.481 e. The molecule has 3 atom stereocenters. The van der Waals surface area contributed by atoms with Crippen molar-refractivity contribution in [2.45, 2.75) is 124 Å². The lowest BCUT2D eigenvalue weighted by molar-refractivity contribution is -0.141. The van der Waals surface area contributed by atoms with Crippen molar-refractivity contribution in [3.8, 4) is 0 Å². The Bertz CT molecular complexity index is 1480. The summed E-state index contributed by atoms with van der Waals surface area (Å²) in [5.74, 6) is -4.10. The van der Waals surface area contributed by atoms with Crippen LogP contribution in [0.4, 0.5) is 4.79 Å². The maximum absolute atomic E-state index is 13.4. The molecule has 4 amide bonds. The number of aliphatic carboxylic acids is 3. The fraction of sp³-hybridized carbons (Fsp3) is 0.590. The number of benzene rings is 2. The van der Waals surface area contributed by atoms with Crippen LogP contribution in [0.5, 0.6) is 0 Å². The predicted molar refractivity (Wildman–Crippen MR) is 201 cm³/mol. The van der Waals surface area contributed by atoms with Gasteiger partial charge in [0, 0.05) is 25.3 Å². The molecule has 0 saturated heterocycles. The zero-order valence-corrected chi connectivity index (χ0v) is 30.5. The Morgan fingerprint density at radius 3 is 1.88 bits per heavy atom. The molecule has 1 aliphatic carbocycles. The standard InChI is InChI=1S/C36H50N4O9.C2H6.CH4/c1-36(2,3)26-15-13-24(14-16-26)31(43)38-29(21-22-11-12-23-8-4-5-9-25(23)20-22)32(44)37-19-7-6-10-27(33(45)46)39-35(49)40-28(34(47)48)17-18-30(41)42;1-2;/h4-5,8-9,11-12,20,24,26-29H,6-7,10,13-19,21H2,1-3H3,(H,37,44)(H,38,43)(H,41,42)(H,45,46)(H,47,48)(H2,39,40,49);1-2H3;1H4/t24?,26?,27?,28-,29?;;/m0../s1. The number of amides is 4. The summed E-state index contributed by atoms with van der Waals surface area (Å²) >= 11 is 0. The molecule has 0 aliphatic heterocycles. The first-order valence-corrected chi connectivity index (χ1v) is 17.9. The van der Waals surface area contributed by atoms with Gasteiger partial charge >= 0.3 is 23.9 Å². The first-order valence-electron chi connectivity index (χ1n) is 17.9. The first-order chi connectivity index (χ1) is 24.1. The van der Waals surface area contributed by atoms with Crippen LogP contribution in [0.2, 0.25) is 0 Å². The summed E-state index contributed by atoms with van der Waals surface area (Å²) in [6, 6.07) is 9.15. The minimum atomic E-state index is -1.50. The summed E-state index contributed by atoms with van der Waals surface area (Å²) in [6.45, 7) is 10.9. The van der Waals surface area contributed by atoms with Gasteiger partial charge in [0.2, 0.25) is 11.8 Å². The second kappa shape index (κ2) is 22.3. The van der Waals surface area contributed by atoms with Crippen molar-refractivity contribution in [1.29, 1.82) is 0 Å². The van der Waals surface area contributed by atoms with Crippen LogP contribution >= 0.6 is 0 Å². The van der Waals surface area contributed by atoms with E-state index in [2.05, 4.69) is 42.0 Å². The van der Waals surface area contributed by atoms with Gasteiger partial charge in [-0.1, -0.05) is 84.5 Å². The molecule has 1 fully saturated rings. The normalized spacial score (nSPS) is 17.1. The molecule has 2 aromatic rings. The number of hydrogen-bond donors (Lipinski definition) is 7. The van der Waals surface area contributed by atoms with E-state index >= 15 is 0 Å². The molecule has 13 nitrogen and oxygen atoms in total. The van der Waals surface area contributed by atoms with Crippen LogP contribution in [-0.2, 0) is 30.4 Å². The zero-order valence-electron chi connectivity index (χ0n) is 30.5. The maximum Gasteiger partial charge on any atom is 0.326 e. The van der Waals surface area contributed by atoms with Gasteiger partial charge in [-0.3, -0.25) is 14.4 Å². The Balaban J connectivity index is 0.00000443. The Labute approximate surface area is 307 Å². The highest BCUT2D eigenvalue weighted by atomic mass is 16.4. The van der Waals surface area contributed by atoms with Gasteiger partial charge < -0.3 is 36.6 Å². The molecular weight excluding hydrogens is 668 g/mol. The smallest absolute Gasteiger partial charge is 0.326 e. The van der Waals surface area contributed by atoms with E-state index in [1.807, 2.05) is 56.3 Å². The van der Waals surface area contributed by atoms with Gasteiger partial charge in [-0.25, -0.2) is 14.4 Å². The van der Waals surface area contributed by atoms with Crippen LogP contribution < -0.4 is 21.3 Å². The van der Waals surface area contributed by atoms with Crippen molar-refractivity contribution < 1.29 is 44.1 Å². The second-order valence-electron chi connectivity index (χ2n) is 14.0. The van der Waals surface area contributed by atoms with E-state index in [9.17, 15) is 39.0 Å². The molecule has 13 heteroatoms. The molecule has 2 unspecified atom stereocenters. The fourth-order valence-corrected chi connectivity index (χ4v) is 6.27. The number of urea groups is 1. The molecule has 0 aromatic heterocycles. The van der Waals surface area contributed by atoms with E-state index < -0.39 is 48.5 Å². The van der Waals surface area contributed by atoms with Crippen LogP contribution in [0.15, 0.2) is 42.5 Å². The third-order valence-electron chi connectivity index (χ3n) is 9.28. The molecule has 2 aromatic carbocycles. The SMILES string of the molecule is C.CC.CC(C)(C)C1CCC(C(=O)NC(Cc2ccc3ccccc3c2)C(=O)NCCCCC(NC(=O)N[C@@H](CCC(=O)O)C(=O)O)C(=O)O)CC1. The lowest BCUT2D eigenvalue weighted by Gasteiger charge is -2.36. The molecule has 52 heavy (non-hydrogen) atoms. The average molecular weight is 729 g/mol. The van der Waals surface area contributed by atoms with Crippen molar-refractivity contribution in [2.24, 2.45) is 17.3 Å².